The van der Waals surface area contributed by atoms with Crippen LogP contribution in [0.3, 0.4) is 0 Å². The number of nitrogens with one attached hydrogen (secondary N) is 1. The number of fused-ring (bicyclic) bond motifs is 2. The molecule has 10 heteroatoms. The van der Waals surface area contributed by atoms with Gasteiger partial charge in [-0.05, 0) is 19.8 Å². The molecule has 2 N–H and O–H groups in total. The van der Waals surface area contributed by atoms with Gasteiger partial charge in [-0.25, -0.2) is 9.59 Å². The molecule has 3 rings (SSSR count). The molecule has 2 aromatic rings. The molecule has 200 valence electrons. The van der Waals surface area contributed by atoms with Crippen molar-refractivity contribution >= 4 is 35.0 Å². The fourth-order valence-electron chi connectivity index (χ4n) is 3.78. The summed E-state index contributed by atoms with van der Waals surface area (Å²) in [6.07, 6.45) is 1.32. The second kappa shape index (κ2) is 12.7. The van der Waals surface area contributed by atoms with Gasteiger partial charge in [0.05, 0.1) is 36.6 Å². The Morgan fingerprint density at radius 2 is 1.47 bits per heavy atom. The third kappa shape index (κ3) is 6.44. The lowest BCUT2D eigenvalue weighted by atomic mass is 9.82. The van der Waals surface area contributed by atoms with Crippen LogP contribution < -0.4 is 10.1 Å². The molecule has 0 heterocycles. The summed E-state index contributed by atoms with van der Waals surface area (Å²) < 4.78 is 15.7. The number of ether oxygens (including phenoxy) is 3. The van der Waals surface area contributed by atoms with E-state index in [9.17, 15) is 29.1 Å². The zero-order valence-electron chi connectivity index (χ0n) is 21.3. The van der Waals surface area contributed by atoms with Gasteiger partial charge in [0.1, 0.15) is 11.5 Å². The maximum absolute atomic E-state index is 13.5. The first-order valence-electron chi connectivity index (χ1n) is 12.1. The molecule has 38 heavy (non-hydrogen) atoms. The fourth-order valence-corrected chi connectivity index (χ4v) is 3.78. The molecule has 10 nitrogen and oxygen atoms in total. The maximum Gasteiger partial charge on any atom is 0.374 e. The van der Waals surface area contributed by atoms with E-state index in [1.165, 1.54) is 12.1 Å². The van der Waals surface area contributed by atoms with Crippen molar-refractivity contribution in [2.24, 2.45) is 0 Å². The number of carbonyl (C=O) groups is 5. The van der Waals surface area contributed by atoms with Crippen LogP contribution in [0.25, 0.3) is 0 Å². The molecule has 0 unspecified atom stereocenters. The van der Waals surface area contributed by atoms with Gasteiger partial charge in [-0.1, -0.05) is 30.8 Å². The van der Waals surface area contributed by atoms with E-state index < -0.39 is 35.0 Å². The average molecular weight is 524 g/mol. The first-order valence-corrected chi connectivity index (χ1v) is 12.1. The van der Waals surface area contributed by atoms with Gasteiger partial charge < -0.3 is 24.6 Å². The summed E-state index contributed by atoms with van der Waals surface area (Å²) >= 11 is 0. The highest BCUT2D eigenvalue weighted by molar-refractivity contribution is 6.32. The molecule has 2 aromatic carbocycles. The molecule has 1 aliphatic rings. The van der Waals surface area contributed by atoms with Crippen LogP contribution in [0.1, 0.15) is 65.0 Å². The van der Waals surface area contributed by atoms with Crippen molar-refractivity contribution in [3.63, 3.8) is 0 Å². The van der Waals surface area contributed by atoms with Gasteiger partial charge in [0.15, 0.2) is 11.6 Å². The Kier molecular flexibility index (Phi) is 9.37. The lowest BCUT2D eigenvalue weighted by Gasteiger charge is -2.24. The van der Waals surface area contributed by atoms with Gasteiger partial charge in [-0.2, -0.15) is 0 Å². The molecule has 0 radical (unpaired) electrons. The number of anilines is 1. The van der Waals surface area contributed by atoms with Gasteiger partial charge in [0.2, 0.25) is 5.78 Å². The third-order valence-electron chi connectivity index (χ3n) is 5.66. The van der Waals surface area contributed by atoms with E-state index in [0.29, 0.717) is 25.0 Å². The maximum atomic E-state index is 13.5. The molecule has 0 atom stereocenters. The Balaban J connectivity index is 1.80. The van der Waals surface area contributed by atoms with Crippen LogP contribution >= 0.6 is 0 Å². The summed E-state index contributed by atoms with van der Waals surface area (Å²) in [5, 5.41) is 13.8. The van der Waals surface area contributed by atoms with Gasteiger partial charge in [0, 0.05) is 42.7 Å². The van der Waals surface area contributed by atoms with Crippen molar-refractivity contribution in [2.75, 3.05) is 31.7 Å². The fraction of sp³-hybridized carbons (Fsp3) is 0.321. The number of ketones is 3. The lowest BCUT2D eigenvalue weighted by molar-refractivity contribution is -0.153. The molecule has 0 saturated heterocycles. The molecule has 0 aliphatic heterocycles. The number of aromatic hydroxyl groups is 1. The van der Waals surface area contributed by atoms with E-state index in [1.54, 1.807) is 25.1 Å². The molecular weight excluding hydrogens is 494 g/mol. The number of esters is 2. The predicted octanol–water partition coefficient (Wildman–Crippen LogP) is 3.38. The number of phenols is 1. The standard InChI is InChI=1S/C28H29NO9/c1-16(2)27(34)37-12-7-6-11-29-24-21(36-13-8-14-38-28(35)17(3)30)15-20(31)22-23(24)26(33)19-10-5-4-9-18(19)25(22)32/h4-5,9-10,15,29,31H,1,6-8,11-14H2,2-3H3. The monoisotopic (exact) mass is 523 g/mol. The van der Waals surface area contributed by atoms with Crippen LogP contribution in [0.4, 0.5) is 5.69 Å². The first kappa shape index (κ1) is 28.1. The molecule has 0 amide bonds. The number of phenolic OH excluding ortho intramolecular Hbond substituents is 1. The van der Waals surface area contributed by atoms with Crippen LogP contribution in [0.2, 0.25) is 0 Å². The van der Waals surface area contributed by atoms with Gasteiger partial charge in [-0.3, -0.25) is 14.4 Å². The Labute approximate surface area is 219 Å². The topological polar surface area (TPSA) is 145 Å². The van der Waals surface area contributed by atoms with Crippen LogP contribution in [0.5, 0.6) is 11.5 Å². The average Bonchev–Trinajstić information content (AvgIpc) is 2.89. The summed E-state index contributed by atoms with van der Waals surface area (Å²) in [7, 11) is 0. The molecule has 0 bridgehead atoms. The molecule has 0 saturated carbocycles. The minimum Gasteiger partial charge on any atom is -0.507 e. The Morgan fingerprint density at radius 3 is 2.11 bits per heavy atom. The SMILES string of the molecule is C=C(C)C(=O)OCCCCNc1c(OCCCOC(=O)C(C)=O)cc(O)c2c1C(=O)c1ccccc1C2=O. The summed E-state index contributed by atoms with van der Waals surface area (Å²) in [6.45, 7) is 6.70. The molecule has 0 spiro atoms. The Bertz CT molecular complexity index is 1300. The van der Waals surface area contributed by atoms with E-state index in [1.807, 2.05) is 0 Å². The van der Waals surface area contributed by atoms with E-state index in [-0.39, 0.29) is 59.9 Å². The van der Waals surface area contributed by atoms with Crippen molar-refractivity contribution < 1.29 is 43.3 Å². The predicted molar refractivity (Wildman–Crippen MR) is 137 cm³/mol. The van der Waals surface area contributed by atoms with Gasteiger partial charge in [-0.15, -0.1) is 0 Å². The third-order valence-corrected chi connectivity index (χ3v) is 5.66. The largest absolute Gasteiger partial charge is 0.507 e. The van der Waals surface area contributed by atoms with E-state index in [2.05, 4.69) is 11.9 Å². The summed E-state index contributed by atoms with van der Waals surface area (Å²) in [5.41, 5.74) is 0.846. The van der Waals surface area contributed by atoms with Crippen molar-refractivity contribution in [2.45, 2.75) is 33.1 Å². The highest BCUT2D eigenvalue weighted by Gasteiger charge is 2.35. The van der Waals surface area contributed by atoms with Crippen molar-refractivity contribution in [1.82, 2.24) is 0 Å². The van der Waals surface area contributed by atoms with Crippen LogP contribution in [0.15, 0.2) is 42.5 Å². The van der Waals surface area contributed by atoms with E-state index in [4.69, 9.17) is 14.2 Å². The quantitative estimate of drug-likeness (QED) is 0.112. The second-order valence-electron chi connectivity index (χ2n) is 8.67. The zero-order valence-corrected chi connectivity index (χ0v) is 21.3. The first-order chi connectivity index (χ1) is 18.1. The van der Waals surface area contributed by atoms with E-state index >= 15 is 0 Å². The summed E-state index contributed by atoms with van der Waals surface area (Å²) in [4.78, 5) is 60.5. The normalized spacial score (nSPS) is 11.7. The smallest absolute Gasteiger partial charge is 0.374 e. The number of rotatable bonds is 13. The molecule has 1 aliphatic carbocycles. The summed E-state index contributed by atoms with van der Waals surface area (Å²) in [6, 6.07) is 7.63. The minimum absolute atomic E-state index is 0.000386. The van der Waals surface area contributed by atoms with E-state index in [0.717, 1.165) is 6.92 Å². The van der Waals surface area contributed by atoms with Crippen LogP contribution in [-0.4, -0.2) is 60.8 Å². The van der Waals surface area contributed by atoms with Gasteiger partial charge >= 0.3 is 11.9 Å². The lowest BCUT2D eigenvalue weighted by Crippen LogP contribution is -2.23. The van der Waals surface area contributed by atoms with Crippen molar-refractivity contribution in [3.8, 4) is 11.5 Å². The highest BCUT2D eigenvalue weighted by Crippen LogP contribution is 2.42. The number of benzene rings is 2. The summed E-state index contributed by atoms with van der Waals surface area (Å²) in [5.74, 6) is -3.32. The van der Waals surface area contributed by atoms with Crippen molar-refractivity contribution in [1.29, 1.82) is 0 Å². The molecule has 0 aromatic heterocycles. The highest BCUT2D eigenvalue weighted by atomic mass is 16.5. The number of hydrogen-bond acceptors (Lipinski definition) is 10. The van der Waals surface area contributed by atoms with Gasteiger partial charge in [0.25, 0.3) is 0 Å². The number of unbranched alkanes of at least 4 members (excludes halogenated alkanes) is 1. The Hall–Kier alpha value is -4.47. The number of carbonyl (C=O) groups excluding carboxylic acids is 5. The minimum atomic E-state index is -0.949. The zero-order chi connectivity index (χ0) is 27.8. The second-order valence-corrected chi connectivity index (χ2v) is 8.67. The van der Waals surface area contributed by atoms with Crippen LogP contribution in [-0.2, 0) is 23.9 Å². The molecule has 0 fully saturated rings. The molecular formula is C28H29NO9. The van der Waals surface area contributed by atoms with Crippen LogP contribution in [0, 0.1) is 0 Å². The number of hydrogen-bond donors (Lipinski definition) is 2. The van der Waals surface area contributed by atoms with Crippen molar-refractivity contribution in [3.05, 3.63) is 64.7 Å². The Morgan fingerprint density at radius 1 is 0.868 bits per heavy atom. The number of Topliss-reactive ketones (excluding diaryl/α,β-unsaturated/α-hetero) is 1.